The first kappa shape index (κ1) is 13.1. The minimum Gasteiger partial charge on any atom is -0.361 e. The highest BCUT2D eigenvalue weighted by molar-refractivity contribution is 6.30. The second-order valence-electron chi connectivity index (χ2n) is 5.72. The van der Waals surface area contributed by atoms with Gasteiger partial charge >= 0.3 is 0 Å². The molecule has 0 saturated carbocycles. The van der Waals surface area contributed by atoms with E-state index in [0.717, 1.165) is 5.56 Å². The lowest BCUT2D eigenvalue weighted by Crippen LogP contribution is -2.14. The number of hydrogen-bond acceptors (Lipinski definition) is 5. The first-order valence-corrected chi connectivity index (χ1v) is 6.60. The fourth-order valence-electron chi connectivity index (χ4n) is 1.97. The molecule has 0 fully saturated rings. The first-order chi connectivity index (χ1) is 9.36. The molecule has 104 valence electrons. The van der Waals surface area contributed by atoms with E-state index in [9.17, 15) is 0 Å². The fraction of sp³-hybridized carbons (Fsp3) is 0.385. The Balaban J connectivity index is 2.22. The average Bonchev–Trinajstić information content (AvgIpc) is 2.92. The van der Waals surface area contributed by atoms with E-state index in [1.165, 1.54) is 0 Å². The molecule has 0 radical (unpaired) electrons. The molecule has 3 rings (SSSR count). The van der Waals surface area contributed by atoms with E-state index in [1.807, 2.05) is 13.0 Å². The molecule has 20 heavy (non-hydrogen) atoms. The topological polar surface area (TPSA) is 69.1 Å². The summed E-state index contributed by atoms with van der Waals surface area (Å²) in [5.41, 5.74) is 2.04. The van der Waals surface area contributed by atoms with Gasteiger partial charge in [0.1, 0.15) is 5.76 Å². The summed E-state index contributed by atoms with van der Waals surface area (Å²) in [7, 11) is 0. The smallest absolute Gasteiger partial charge is 0.207 e. The highest BCUT2D eigenvalue weighted by Gasteiger charge is 2.22. The normalized spacial score (nSPS) is 12.2. The lowest BCUT2D eigenvalue weighted by Gasteiger charge is -2.19. The van der Waals surface area contributed by atoms with Gasteiger partial charge in [0.05, 0.1) is 0 Å². The average molecular weight is 292 g/mol. The Bertz CT molecular complexity index is 784. The summed E-state index contributed by atoms with van der Waals surface area (Å²) in [6.45, 7) is 8.04. The second kappa shape index (κ2) is 4.28. The lowest BCUT2D eigenvalue weighted by molar-refractivity contribution is 0.399. The van der Waals surface area contributed by atoms with Crippen molar-refractivity contribution in [1.82, 2.24) is 25.0 Å². The molecule has 0 aliphatic carbocycles. The van der Waals surface area contributed by atoms with Gasteiger partial charge in [-0.2, -0.15) is 9.61 Å². The number of nitrogens with zero attached hydrogens (tertiary/aromatic N) is 5. The molecular weight excluding hydrogens is 278 g/mol. The van der Waals surface area contributed by atoms with Crippen LogP contribution in [0.2, 0.25) is 5.15 Å². The van der Waals surface area contributed by atoms with E-state index in [4.69, 9.17) is 16.1 Å². The third-order valence-corrected chi connectivity index (χ3v) is 3.29. The van der Waals surface area contributed by atoms with Gasteiger partial charge < -0.3 is 4.52 Å². The number of hydrogen-bond donors (Lipinski definition) is 0. The molecule has 0 unspecified atom stereocenters. The van der Waals surface area contributed by atoms with Gasteiger partial charge in [0.25, 0.3) is 0 Å². The van der Waals surface area contributed by atoms with Gasteiger partial charge in [-0.1, -0.05) is 37.5 Å². The third kappa shape index (κ3) is 2.06. The van der Waals surface area contributed by atoms with Crippen molar-refractivity contribution in [1.29, 1.82) is 0 Å². The second-order valence-corrected chi connectivity index (χ2v) is 6.07. The summed E-state index contributed by atoms with van der Waals surface area (Å²) in [6, 6.07) is 3.68. The van der Waals surface area contributed by atoms with Gasteiger partial charge in [-0.05, 0) is 18.4 Å². The van der Waals surface area contributed by atoms with Gasteiger partial charge in [0, 0.05) is 11.6 Å². The Kier molecular flexibility index (Phi) is 2.79. The Labute approximate surface area is 120 Å². The number of rotatable bonds is 1. The van der Waals surface area contributed by atoms with E-state index in [1.54, 1.807) is 10.6 Å². The van der Waals surface area contributed by atoms with Gasteiger partial charge in [-0.3, -0.25) is 0 Å². The summed E-state index contributed by atoms with van der Waals surface area (Å²) < 4.78 is 6.63. The van der Waals surface area contributed by atoms with Crippen LogP contribution in [0.4, 0.5) is 0 Å². The predicted octanol–water partition coefficient (Wildman–Crippen LogP) is 3.04. The molecule has 0 N–H and O–H groups in total. The molecule has 3 aromatic heterocycles. The van der Waals surface area contributed by atoms with Crippen LogP contribution in [-0.4, -0.2) is 25.0 Å². The highest BCUT2D eigenvalue weighted by atomic mass is 35.5. The maximum Gasteiger partial charge on any atom is 0.207 e. The number of fused-ring (bicyclic) bond motifs is 1. The van der Waals surface area contributed by atoms with Crippen LogP contribution in [0.15, 0.2) is 16.7 Å². The Hall–Kier alpha value is -1.95. The Morgan fingerprint density at radius 2 is 1.95 bits per heavy atom. The first-order valence-electron chi connectivity index (χ1n) is 6.22. The van der Waals surface area contributed by atoms with Crippen molar-refractivity contribution in [2.24, 2.45) is 0 Å². The monoisotopic (exact) mass is 291 g/mol. The van der Waals surface area contributed by atoms with Crippen molar-refractivity contribution < 1.29 is 4.52 Å². The summed E-state index contributed by atoms with van der Waals surface area (Å²) in [6.07, 6.45) is 0. The summed E-state index contributed by atoms with van der Waals surface area (Å²) >= 11 is 6.28. The van der Waals surface area contributed by atoms with Crippen molar-refractivity contribution in [2.45, 2.75) is 33.1 Å². The number of aromatic nitrogens is 5. The highest BCUT2D eigenvalue weighted by Crippen LogP contribution is 2.29. The molecule has 3 aromatic rings. The molecular formula is C13H14ClN5O. The SMILES string of the molecule is Cc1cc(-c2nnc3cc(C(C)(C)C)c(Cl)nn23)no1. The fourth-order valence-corrected chi connectivity index (χ4v) is 2.38. The predicted molar refractivity (Wildman–Crippen MR) is 74.7 cm³/mol. The van der Waals surface area contributed by atoms with Crippen molar-refractivity contribution >= 4 is 17.2 Å². The van der Waals surface area contributed by atoms with Gasteiger partial charge in [-0.25, -0.2) is 0 Å². The van der Waals surface area contributed by atoms with Crippen LogP contribution in [0.25, 0.3) is 17.2 Å². The van der Waals surface area contributed by atoms with Gasteiger partial charge in [0.2, 0.25) is 5.82 Å². The van der Waals surface area contributed by atoms with Gasteiger partial charge in [0.15, 0.2) is 16.5 Å². The minimum atomic E-state index is -0.109. The van der Waals surface area contributed by atoms with Crippen molar-refractivity contribution in [2.75, 3.05) is 0 Å². The van der Waals surface area contributed by atoms with Crippen LogP contribution in [-0.2, 0) is 5.41 Å². The summed E-state index contributed by atoms with van der Waals surface area (Å²) in [5.74, 6) is 1.22. The maximum absolute atomic E-state index is 6.28. The van der Waals surface area contributed by atoms with Crippen LogP contribution in [0.3, 0.4) is 0 Å². The zero-order valence-electron chi connectivity index (χ0n) is 11.7. The standard InChI is InChI=1S/C13H14ClN5O/c1-7-5-9(18-20-7)12-16-15-10-6-8(13(2,3)4)11(14)17-19(10)12/h5-6H,1-4H3. The van der Waals surface area contributed by atoms with Crippen molar-refractivity contribution in [3.05, 3.63) is 28.6 Å². The van der Waals surface area contributed by atoms with Crippen LogP contribution < -0.4 is 0 Å². The largest absolute Gasteiger partial charge is 0.361 e. The number of aryl methyl sites for hydroxylation is 1. The minimum absolute atomic E-state index is 0.109. The van der Waals surface area contributed by atoms with Crippen LogP contribution in [0.5, 0.6) is 0 Å². The van der Waals surface area contributed by atoms with Gasteiger partial charge in [-0.15, -0.1) is 10.2 Å². The summed E-state index contributed by atoms with van der Waals surface area (Å²) in [5, 5.41) is 17.0. The molecule has 7 heteroatoms. The number of halogens is 1. The molecule has 0 spiro atoms. The van der Waals surface area contributed by atoms with Crippen LogP contribution >= 0.6 is 11.6 Å². The molecule has 0 atom stereocenters. The van der Waals surface area contributed by atoms with Crippen molar-refractivity contribution in [3.8, 4) is 11.5 Å². The van der Waals surface area contributed by atoms with E-state index in [0.29, 0.717) is 28.1 Å². The van der Waals surface area contributed by atoms with Crippen molar-refractivity contribution in [3.63, 3.8) is 0 Å². The zero-order chi connectivity index (χ0) is 14.5. The zero-order valence-corrected chi connectivity index (χ0v) is 12.4. The molecule has 0 saturated heterocycles. The molecule has 0 aliphatic heterocycles. The maximum atomic E-state index is 6.28. The van der Waals surface area contributed by atoms with E-state index >= 15 is 0 Å². The Morgan fingerprint density at radius 1 is 1.20 bits per heavy atom. The molecule has 0 bridgehead atoms. The molecule has 0 amide bonds. The van der Waals surface area contributed by atoms with E-state index in [2.05, 4.69) is 41.2 Å². The van der Waals surface area contributed by atoms with Crippen LogP contribution in [0, 0.1) is 6.92 Å². The summed E-state index contributed by atoms with van der Waals surface area (Å²) in [4.78, 5) is 0. The third-order valence-electron chi connectivity index (χ3n) is 3.01. The molecule has 3 heterocycles. The van der Waals surface area contributed by atoms with Crippen LogP contribution in [0.1, 0.15) is 32.1 Å². The Morgan fingerprint density at radius 3 is 2.55 bits per heavy atom. The lowest BCUT2D eigenvalue weighted by atomic mass is 9.88. The molecule has 6 nitrogen and oxygen atoms in total. The molecule has 0 aliphatic rings. The molecule has 0 aromatic carbocycles. The van der Waals surface area contributed by atoms with E-state index in [-0.39, 0.29) is 5.41 Å². The quantitative estimate of drug-likeness (QED) is 0.689. The van der Waals surface area contributed by atoms with E-state index < -0.39 is 0 Å².